The minimum absolute atomic E-state index is 0.172. The van der Waals surface area contributed by atoms with E-state index in [1.807, 2.05) is 12.1 Å². The van der Waals surface area contributed by atoms with Gasteiger partial charge < -0.3 is 29.5 Å². The van der Waals surface area contributed by atoms with E-state index in [0.29, 0.717) is 48.3 Å². The number of nitrogens with zero attached hydrogens (tertiary/aromatic N) is 2. The van der Waals surface area contributed by atoms with Crippen LogP contribution < -0.4 is 9.47 Å². The van der Waals surface area contributed by atoms with Gasteiger partial charge in [0, 0.05) is 46.9 Å². The van der Waals surface area contributed by atoms with Gasteiger partial charge in [-0.05, 0) is 101 Å². The van der Waals surface area contributed by atoms with Crippen LogP contribution in [0.4, 0.5) is 0 Å². The molecule has 0 aromatic heterocycles. The quantitative estimate of drug-likeness (QED) is 0.498. The normalized spacial score (nSPS) is 39.9. The minimum atomic E-state index is -0.366. The Hall–Kier alpha value is -3.10. The van der Waals surface area contributed by atoms with Crippen LogP contribution in [-0.4, -0.2) is 83.1 Å². The van der Waals surface area contributed by atoms with Crippen molar-refractivity contribution in [3.8, 4) is 23.0 Å². The molecule has 2 spiro atoms. The highest BCUT2D eigenvalue weighted by Crippen LogP contribution is 2.64. The third kappa shape index (κ3) is 2.86. The van der Waals surface area contributed by atoms with Crippen molar-refractivity contribution >= 4 is 11.6 Å². The number of carbonyl (C=O) groups is 2. The molecule has 8 nitrogen and oxygen atoms in total. The van der Waals surface area contributed by atoms with Gasteiger partial charge in [-0.2, -0.15) is 0 Å². The SMILES string of the molecule is CN1CC[C@]23c4c5ccc(O)c4O[C@H]2C(=O)CC[C@H]3[C@H]1C5.CN1CC[C@]23c4c5ccc(O)c4O[C@H]2C(=O)CC[C@H]3[C@H]1C5. The van der Waals surface area contributed by atoms with Gasteiger partial charge >= 0.3 is 0 Å². The zero-order valence-electron chi connectivity index (χ0n) is 24.3. The van der Waals surface area contributed by atoms with E-state index >= 15 is 0 Å². The summed E-state index contributed by atoms with van der Waals surface area (Å²) in [4.78, 5) is 29.9. The second-order valence-corrected chi connectivity index (χ2v) is 14.2. The highest BCUT2D eigenvalue weighted by molar-refractivity contribution is 5.90. The molecule has 220 valence electrons. The maximum absolute atomic E-state index is 12.5. The summed E-state index contributed by atoms with van der Waals surface area (Å²) in [6.07, 6.45) is 6.37. The molecule has 2 saturated carbocycles. The van der Waals surface area contributed by atoms with Crippen molar-refractivity contribution in [1.29, 1.82) is 0 Å². The Morgan fingerprint density at radius 1 is 0.714 bits per heavy atom. The van der Waals surface area contributed by atoms with E-state index in [9.17, 15) is 19.8 Å². The largest absolute Gasteiger partial charge is 0.504 e. The molecule has 2 aromatic rings. The van der Waals surface area contributed by atoms with E-state index in [2.05, 4.69) is 23.9 Å². The van der Waals surface area contributed by atoms with Gasteiger partial charge in [0.1, 0.15) is 0 Å². The van der Waals surface area contributed by atoms with Crippen molar-refractivity contribution in [2.75, 3.05) is 27.2 Å². The number of likely N-dealkylation sites (tertiary alicyclic amines) is 2. The summed E-state index contributed by atoms with van der Waals surface area (Å²) in [5, 5.41) is 20.4. The summed E-state index contributed by atoms with van der Waals surface area (Å²) in [5.74, 6) is 2.99. The number of aromatic hydroxyl groups is 2. The van der Waals surface area contributed by atoms with Crippen LogP contribution in [0.2, 0.25) is 0 Å². The van der Waals surface area contributed by atoms with Crippen molar-refractivity contribution in [1.82, 2.24) is 9.80 Å². The number of piperidine rings is 2. The molecule has 0 unspecified atom stereocenters. The number of phenolic OH excluding ortho intramolecular Hbond substituents is 2. The van der Waals surface area contributed by atoms with E-state index in [1.165, 1.54) is 11.1 Å². The summed E-state index contributed by atoms with van der Waals surface area (Å²) in [7, 11) is 4.40. The molecule has 4 heterocycles. The summed E-state index contributed by atoms with van der Waals surface area (Å²) in [6, 6.07) is 8.51. The first-order valence-electron chi connectivity index (χ1n) is 15.8. The fourth-order valence-electron chi connectivity index (χ4n) is 11.0. The molecular formula is C34H38N2O6. The zero-order valence-corrected chi connectivity index (χ0v) is 24.3. The Balaban J connectivity index is 0.000000119. The van der Waals surface area contributed by atoms with E-state index in [0.717, 1.165) is 62.7 Å². The topological polar surface area (TPSA) is 99.5 Å². The number of ether oxygens (including phenoxy) is 2. The lowest BCUT2D eigenvalue weighted by Gasteiger charge is -2.57. The molecule has 4 aliphatic heterocycles. The van der Waals surface area contributed by atoms with Crippen molar-refractivity contribution in [3.05, 3.63) is 46.5 Å². The molecule has 42 heavy (non-hydrogen) atoms. The molecule has 8 aliphatic rings. The fourth-order valence-corrected chi connectivity index (χ4v) is 11.0. The molecule has 0 amide bonds. The molecule has 10 rings (SSSR count). The molecule has 8 heteroatoms. The van der Waals surface area contributed by atoms with Crippen molar-refractivity contribution in [2.45, 2.75) is 86.5 Å². The van der Waals surface area contributed by atoms with Gasteiger partial charge in [0.2, 0.25) is 0 Å². The van der Waals surface area contributed by atoms with Crippen molar-refractivity contribution in [2.24, 2.45) is 11.8 Å². The van der Waals surface area contributed by atoms with E-state index in [4.69, 9.17) is 9.47 Å². The van der Waals surface area contributed by atoms with Crippen LogP contribution >= 0.6 is 0 Å². The number of rotatable bonds is 0. The number of carbonyl (C=O) groups excluding carboxylic acids is 2. The highest BCUT2D eigenvalue weighted by atomic mass is 16.5. The third-order valence-corrected chi connectivity index (χ3v) is 12.8. The molecule has 2 aromatic carbocycles. The first-order chi connectivity index (χ1) is 20.3. The lowest BCUT2D eigenvalue weighted by atomic mass is 9.52. The van der Waals surface area contributed by atoms with E-state index < -0.39 is 0 Å². The second kappa shape index (κ2) is 8.29. The Kier molecular flexibility index (Phi) is 5.01. The molecule has 4 aliphatic carbocycles. The van der Waals surface area contributed by atoms with Gasteiger partial charge in [-0.3, -0.25) is 9.59 Å². The predicted octanol–water partition coefficient (Wildman–Crippen LogP) is 3.26. The molecule has 8 atom stereocenters. The second-order valence-electron chi connectivity index (χ2n) is 14.2. The lowest BCUT2D eigenvalue weighted by molar-refractivity contribution is -0.138. The van der Waals surface area contributed by atoms with Crippen LogP contribution in [0.25, 0.3) is 0 Å². The monoisotopic (exact) mass is 570 g/mol. The molecule has 0 radical (unpaired) electrons. The fraction of sp³-hybridized carbons (Fsp3) is 0.588. The van der Waals surface area contributed by atoms with Gasteiger partial charge in [0.05, 0.1) is 0 Å². The number of Topliss-reactive ketones (excluding diaryl/α,β-unsaturated/α-hetero) is 2. The van der Waals surface area contributed by atoms with Crippen molar-refractivity contribution < 1.29 is 29.3 Å². The number of likely N-dealkylation sites (N-methyl/N-ethyl adjacent to an activating group) is 2. The summed E-state index contributed by atoms with van der Waals surface area (Å²) < 4.78 is 12.1. The van der Waals surface area contributed by atoms with Gasteiger partial charge in [0.15, 0.2) is 46.8 Å². The Morgan fingerprint density at radius 2 is 1.14 bits per heavy atom. The van der Waals surface area contributed by atoms with Crippen LogP contribution in [0.1, 0.15) is 60.8 Å². The van der Waals surface area contributed by atoms with Gasteiger partial charge in [-0.1, -0.05) is 12.1 Å². The third-order valence-electron chi connectivity index (χ3n) is 12.8. The number of hydrogen-bond donors (Lipinski definition) is 2. The molecule has 2 saturated heterocycles. The molecular weight excluding hydrogens is 532 g/mol. The Labute approximate surface area is 245 Å². The number of phenols is 2. The van der Waals surface area contributed by atoms with Crippen LogP contribution in [0.3, 0.4) is 0 Å². The Bertz CT molecular complexity index is 1460. The first-order valence-corrected chi connectivity index (χ1v) is 15.8. The predicted molar refractivity (Wildman–Crippen MR) is 153 cm³/mol. The number of benzene rings is 2. The first kappa shape index (κ1) is 25.4. The van der Waals surface area contributed by atoms with Crippen LogP contribution in [0, 0.1) is 11.8 Å². The molecule has 4 fully saturated rings. The van der Waals surface area contributed by atoms with Gasteiger partial charge in [0.25, 0.3) is 0 Å². The number of ketones is 2. The van der Waals surface area contributed by atoms with Gasteiger partial charge in [-0.15, -0.1) is 0 Å². The van der Waals surface area contributed by atoms with E-state index in [1.54, 1.807) is 12.1 Å². The van der Waals surface area contributed by atoms with Crippen LogP contribution in [-0.2, 0) is 33.3 Å². The minimum Gasteiger partial charge on any atom is -0.504 e. The highest BCUT2D eigenvalue weighted by Gasteiger charge is 2.67. The zero-order chi connectivity index (χ0) is 28.7. The standard InChI is InChI=1S/2C17H19NO3/c2*1-18-7-6-17-10-3-5-13(20)16(17)21-15-12(19)4-2-9(14(15)17)8-11(10)18/h2*2,4,10-11,16,19H,3,5-8H2,1H3/t2*10-,11+,16-,17-/m00/s1. The summed E-state index contributed by atoms with van der Waals surface area (Å²) in [6.45, 7) is 2.01. The summed E-state index contributed by atoms with van der Waals surface area (Å²) in [5.41, 5.74) is 4.52. The maximum Gasteiger partial charge on any atom is 0.174 e. The van der Waals surface area contributed by atoms with Crippen LogP contribution in [0.5, 0.6) is 23.0 Å². The van der Waals surface area contributed by atoms with Gasteiger partial charge in [-0.25, -0.2) is 0 Å². The Morgan fingerprint density at radius 3 is 1.57 bits per heavy atom. The van der Waals surface area contributed by atoms with Crippen molar-refractivity contribution in [3.63, 3.8) is 0 Å². The molecule has 4 bridgehead atoms. The van der Waals surface area contributed by atoms with E-state index in [-0.39, 0.29) is 46.1 Å². The number of hydrogen-bond acceptors (Lipinski definition) is 8. The average molecular weight is 571 g/mol. The maximum atomic E-state index is 12.5. The summed E-state index contributed by atoms with van der Waals surface area (Å²) >= 11 is 0. The van der Waals surface area contributed by atoms with Crippen LogP contribution in [0.15, 0.2) is 24.3 Å². The molecule has 2 N–H and O–H groups in total. The lowest BCUT2D eigenvalue weighted by Crippen LogP contribution is -2.65. The smallest absolute Gasteiger partial charge is 0.174 e. The average Bonchev–Trinajstić information content (AvgIpc) is 3.52.